The van der Waals surface area contributed by atoms with Gasteiger partial charge in [-0.1, -0.05) is 66.4 Å². The lowest BCUT2D eigenvalue weighted by molar-refractivity contribution is -0.360. The van der Waals surface area contributed by atoms with Crippen molar-refractivity contribution in [2.75, 3.05) is 13.1 Å². The van der Waals surface area contributed by atoms with Gasteiger partial charge in [0.15, 0.2) is 6.20 Å². The van der Waals surface area contributed by atoms with Crippen LogP contribution in [0.1, 0.15) is 25.8 Å². The molecule has 0 atom stereocenters. The van der Waals surface area contributed by atoms with Gasteiger partial charge in [-0.25, -0.2) is 4.79 Å². The molecule has 0 radical (unpaired) electrons. The topological polar surface area (TPSA) is 32.6 Å². The predicted molar refractivity (Wildman–Crippen MR) is 131 cm³/mol. The Morgan fingerprint density at radius 1 is 1.00 bits per heavy atom. The van der Waals surface area contributed by atoms with Crippen LogP contribution in [0.4, 0.5) is 10.5 Å². The number of thioether (sulfide) groups is 1. The van der Waals surface area contributed by atoms with Crippen molar-refractivity contribution < 1.29 is 14.1 Å². The van der Waals surface area contributed by atoms with E-state index in [4.69, 9.17) is 4.74 Å². The molecule has 5 rings (SSSR count). The van der Waals surface area contributed by atoms with Gasteiger partial charge in [-0.05, 0) is 36.8 Å². The van der Waals surface area contributed by atoms with Gasteiger partial charge in [-0.3, -0.25) is 0 Å². The van der Waals surface area contributed by atoms with Gasteiger partial charge in [0.1, 0.15) is 0 Å². The minimum Gasteiger partial charge on any atom is -0.402 e. The molecular weight excluding hydrogens is 416 g/mol. The molecule has 0 N–H and O–H groups in total. The molecule has 4 nitrogen and oxygen atoms in total. The first kappa shape index (κ1) is 20.6. The Hall–Kier alpha value is -3.31. The Labute approximate surface area is 192 Å². The van der Waals surface area contributed by atoms with Crippen molar-refractivity contribution in [2.24, 2.45) is 0 Å². The summed E-state index contributed by atoms with van der Waals surface area (Å²) in [6.45, 7) is 5.16. The van der Waals surface area contributed by atoms with Gasteiger partial charge in [-0.15, -0.1) is 0 Å². The highest BCUT2D eigenvalue weighted by molar-refractivity contribution is 8.08. The van der Waals surface area contributed by atoms with E-state index in [2.05, 4.69) is 77.5 Å². The number of rotatable bonds is 4. The molecule has 0 spiro atoms. The Kier molecular flexibility index (Phi) is 5.58. The summed E-state index contributed by atoms with van der Waals surface area (Å²) in [4.78, 5) is 16.9. The van der Waals surface area contributed by atoms with E-state index in [1.54, 1.807) is 16.7 Å². The number of allylic oxidation sites excluding steroid dienone is 2. The number of hydrogen-bond donors (Lipinski definition) is 0. The van der Waals surface area contributed by atoms with E-state index in [1.165, 1.54) is 0 Å². The third-order valence-corrected chi connectivity index (χ3v) is 7.08. The average Bonchev–Trinajstić information content (AvgIpc) is 3.27. The lowest BCUT2D eigenvalue weighted by Crippen LogP contribution is -2.32. The van der Waals surface area contributed by atoms with Crippen molar-refractivity contribution in [3.8, 4) is 0 Å². The highest BCUT2D eigenvalue weighted by atomic mass is 32.2. The second-order valence-corrected chi connectivity index (χ2v) is 8.75. The molecule has 3 aromatic carbocycles. The van der Waals surface area contributed by atoms with Crippen LogP contribution in [-0.2, 0) is 4.74 Å². The van der Waals surface area contributed by atoms with E-state index in [-0.39, 0.29) is 6.09 Å². The highest BCUT2D eigenvalue weighted by Crippen LogP contribution is 2.47. The van der Waals surface area contributed by atoms with Crippen LogP contribution in [-0.4, -0.2) is 34.4 Å². The van der Waals surface area contributed by atoms with E-state index in [0.717, 1.165) is 37.5 Å². The van der Waals surface area contributed by atoms with Crippen LogP contribution in [0.25, 0.3) is 15.7 Å². The average molecular weight is 442 g/mol. The maximum absolute atomic E-state index is 13.1. The number of benzene rings is 3. The molecule has 32 heavy (non-hydrogen) atoms. The Morgan fingerprint density at radius 3 is 2.59 bits per heavy atom. The zero-order chi connectivity index (χ0) is 22.1. The van der Waals surface area contributed by atoms with Crippen LogP contribution in [0.3, 0.4) is 0 Å². The summed E-state index contributed by atoms with van der Waals surface area (Å²) in [5.74, 6) is 0.643. The maximum atomic E-state index is 13.1. The van der Waals surface area contributed by atoms with Crippen LogP contribution in [0.2, 0.25) is 0 Å². The van der Waals surface area contributed by atoms with Crippen LogP contribution >= 0.6 is 11.8 Å². The molecule has 0 saturated heterocycles. The number of carbonyl (C=O) groups excluding carboxylic acids is 1. The van der Waals surface area contributed by atoms with E-state index in [1.807, 2.05) is 19.9 Å². The van der Waals surface area contributed by atoms with Crippen molar-refractivity contribution >= 4 is 44.9 Å². The van der Waals surface area contributed by atoms with Crippen molar-refractivity contribution in [3.05, 3.63) is 90.3 Å². The number of ether oxygens (including phenoxy) is 1. The molecule has 0 aromatic heterocycles. The molecule has 160 valence electrons. The fourth-order valence-corrected chi connectivity index (χ4v) is 5.43. The first-order chi connectivity index (χ1) is 15.7. The lowest BCUT2D eigenvalue weighted by atomic mass is 10.0. The molecule has 2 aliphatic heterocycles. The highest BCUT2D eigenvalue weighted by Gasteiger charge is 2.36. The van der Waals surface area contributed by atoms with E-state index in [0.29, 0.717) is 25.3 Å². The number of para-hydroxylation sites is 1. The first-order valence-electron chi connectivity index (χ1n) is 11.0. The SMILES string of the molecule is CCN(CC)C(=O)OC1=C(c2cccc3ccccc23)Sc2ccccc2[N+]2=C1CC=C2. The molecule has 0 fully saturated rings. The molecule has 2 heterocycles. The molecule has 5 heteroatoms. The summed E-state index contributed by atoms with van der Waals surface area (Å²) in [6, 6.07) is 23.0. The maximum Gasteiger partial charge on any atom is 0.415 e. The number of hydrogen-bond acceptors (Lipinski definition) is 3. The molecule has 1 amide bonds. The van der Waals surface area contributed by atoms with Crippen molar-refractivity contribution in [2.45, 2.75) is 25.2 Å². The molecular formula is C27H25N2O2S+. The molecule has 3 aromatic rings. The summed E-state index contributed by atoms with van der Waals surface area (Å²) in [5, 5.41) is 2.31. The number of amides is 1. The van der Waals surface area contributed by atoms with Crippen LogP contribution in [0.5, 0.6) is 0 Å². The quantitative estimate of drug-likeness (QED) is 0.418. The third-order valence-electron chi connectivity index (χ3n) is 5.91. The molecule has 2 aliphatic rings. The molecule has 0 bridgehead atoms. The second-order valence-electron chi connectivity index (χ2n) is 7.70. The number of fused-ring (bicyclic) bond motifs is 3. The van der Waals surface area contributed by atoms with Gasteiger partial charge in [0, 0.05) is 24.7 Å². The summed E-state index contributed by atoms with van der Waals surface area (Å²) < 4.78 is 8.36. The molecule has 0 saturated carbocycles. The largest absolute Gasteiger partial charge is 0.415 e. The second kappa shape index (κ2) is 8.67. The number of carbonyl (C=O) groups is 1. The Morgan fingerprint density at radius 2 is 1.75 bits per heavy atom. The summed E-state index contributed by atoms with van der Waals surface area (Å²) in [7, 11) is 0. The third kappa shape index (κ3) is 3.53. The Bertz CT molecular complexity index is 1300. The van der Waals surface area contributed by atoms with Gasteiger partial charge < -0.3 is 9.64 Å². The van der Waals surface area contributed by atoms with E-state index < -0.39 is 0 Å². The van der Waals surface area contributed by atoms with Crippen molar-refractivity contribution in [1.82, 2.24) is 4.90 Å². The zero-order valence-corrected chi connectivity index (χ0v) is 19.1. The number of nitrogens with zero attached hydrogens (tertiary/aromatic N) is 2. The van der Waals surface area contributed by atoms with Gasteiger partial charge in [0.05, 0.1) is 16.2 Å². The predicted octanol–water partition coefficient (Wildman–Crippen LogP) is 6.80. The summed E-state index contributed by atoms with van der Waals surface area (Å²) in [6.07, 6.45) is 4.60. The van der Waals surface area contributed by atoms with E-state index >= 15 is 0 Å². The van der Waals surface area contributed by atoms with Crippen molar-refractivity contribution in [3.63, 3.8) is 0 Å². The summed E-state index contributed by atoms with van der Waals surface area (Å²) >= 11 is 1.67. The lowest BCUT2D eigenvalue weighted by Gasteiger charge is -2.20. The minimum atomic E-state index is -0.311. The Balaban J connectivity index is 1.77. The molecule has 0 aliphatic carbocycles. The standard InChI is InChI=1S/C27H25N2O2S/c1-3-28(4-2)27(30)31-25-23-16-10-18-29(23)22-15-7-8-17-24(22)32-26(25)21-14-9-12-19-11-5-6-13-20(19)21/h5-15,17-18H,3-4,16H2,1-2H3/q+1. The van der Waals surface area contributed by atoms with Gasteiger partial charge >= 0.3 is 6.09 Å². The smallest absolute Gasteiger partial charge is 0.402 e. The van der Waals surface area contributed by atoms with Crippen LogP contribution in [0.15, 0.2) is 89.7 Å². The fraction of sp³-hybridized carbons (Fsp3) is 0.185. The zero-order valence-electron chi connectivity index (χ0n) is 18.2. The van der Waals surface area contributed by atoms with E-state index in [9.17, 15) is 4.79 Å². The summed E-state index contributed by atoms with van der Waals surface area (Å²) in [5.41, 5.74) is 3.17. The van der Waals surface area contributed by atoms with Gasteiger partial charge in [0.2, 0.25) is 17.2 Å². The van der Waals surface area contributed by atoms with Crippen LogP contribution in [0, 0.1) is 0 Å². The first-order valence-corrected chi connectivity index (χ1v) is 11.8. The molecule has 0 unspecified atom stereocenters. The van der Waals surface area contributed by atoms with Gasteiger partial charge in [-0.2, -0.15) is 4.58 Å². The fourth-order valence-electron chi connectivity index (χ4n) is 4.26. The van der Waals surface area contributed by atoms with Crippen LogP contribution < -0.4 is 0 Å². The minimum absolute atomic E-state index is 0.311. The normalized spacial score (nSPS) is 14.9. The monoisotopic (exact) mass is 441 g/mol. The van der Waals surface area contributed by atoms with Crippen molar-refractivity contribution in [1.29, 1.82) is 0 Å². The van der Waals surface area contributed by atoms with Gasteiger partial charge in [0.25, 0.3) is 0 Å².